The van der Waals surface area contributed by atoms with E-state index < -0.39 is 0 Å². The van der Waals surface area contributed by atoms with Crippen LogP contribution in [0.25, 0.3) is 5.57 Å². The molecule has 1 aromatic carbocycles. The van der Waals surface area contributed by atoms with Gasteiger partial charge in [0.2, 0.25) is 0 Å². The summed E-state index contributed by atoms with van der Waals surface area (Å²) in [6.45, 7) is 0. The Morgan fingerprint density at radius 2 is 2.00 bits per heavy atom. The summed E-state index contributed by atoms with van der Waals surface area (Å²) in [6.07, 6.45) is 7.53. The van der Waals surface area contributed by atoms with E-state index >= 15 is 0 Å². The minimum absolute atomic E-state index is 0. The number of hydrogen-bond acceptors (Lipinski definition) is 0. The summed E-state index contributed by atoms with van der Waals surface area (Å²) in [4.78, 5) is 0. The van der Waals surface area contributed by atoms with E-state index in [1.807, 2.05) is 0 Å². The maximum atomic E-state index is 2.43. The summed E-state index contributed by atoms with van der Waals surface area (Å²) in [5.41, 5.74) is 6.29. The molecule has 0 aliphatic heterocycles. The van der Waals surface area contributed by atoms with Gasteiger partial charge in [0.05, 0.1) is 0 Å². The molecule has 0 amide bonds. The smallest absolute Gasteiger partial charge is 0 e. The van der Waals surface area contributed by atoms with Crippen molar-refractivity contribution >= 4 is 5.57 Å². The molecule has 0 unspecified atom stereocenters. The van der Waals surface area contributed by atoms with Crippen molar-refractivity contribution in [3.05, 3.63) is 47.4 Å². The van der Waals surface area contributed by atoms with Gasteiger partial charge < -0.3 is 0 Å². The summed E-state index contributed by atoms with van der Waals surface area (Å²) in [6, 6.07) is 8.85. The zero-order valence-electron chi connectivity index (χ0n) is 8.22. The minimum atomic E-state index is 0. The van der Waals surface area contributed by atoms with Crippen LogP contribution in [0.5, 0.6) is 0 Å². The summed E-state index contributed by atoms with van der Waals surface area (Å²) in [5.74, 6) is 0. The Morgan fingerprint density at radius 1 is 1.14 bits per heavy atom. The van der Waals surface area contributed by atoms with E-state index in [0.29, 0.717) is 0 Å². The van der Waals surface area contributed by atoms with Crippen molar-refractivity contribution in [2.45, 2.75) is 25.7 Å². The van der Waals surface area contributed by atoms with Gasteiger partial charge in [0.1, 0.15) is 0 Å². The van der Waals surface area contributed by atoms with Crippen LogP contribution in [-0.2, 0) is 28.1 Å². The number of allylic oxidation sites excluding steroid dienone is 2. The molecular weight excluding hydrogens is 204 g/mol. The van der Waals surface area contributed by atoms with Crippen molar-refractivity contribution in [1.29, 1.82) is 0 Å². The fourth-order valence-electron chi connectivity index (χ4n) is 2.50. The zero-order chi connectivity index (χ0) is 8.67. The van der Waals surface area contributed by atoms with Gasteiger partial charge in [0, 0.05) is 21.7 Å². The molecule has 0 spiro atoms. The molecule has 0 N–H and O–H groups in total. The number of benzene rings is 1. The van der Waals surface area contributed by atoms with Crippen LogP contribution in [0.3, 0.4) is 0 Å². The monoisotopic (exact) mass is 217 g/mol. The first-order valence-electron chi connectivity index (χ1n) is 5.08. The third kappa shape index (κ3) is 1.47. The minimum Gasteiger partial charge on any atom is -0.226 e. The quantitative estimate of drug-likeness (QED) is 0.461. The van der Waals surface area contributed by atoms with E-state index in [9.17, 15) is 0 Å². The molecule has 0 nitrogen and oxygen atoms in total. The van der Waals surface area contributed by atoms with Crippen molar-refractivity contribution < 1.29 is 21.7 Å². The Balaban J connectivity index is 0.000000750. The molecule has 3 rings (SSSR count). The van der Waals surface area contributed by atoms with Crippen molar-refractivity contribution in [2.75, 3.05) is 0 Å². The van der Waals surface area contributed by atoms with E-state index in [1.165, 1.54) is 36.8 Å². The van der Waals surface area contributed by atoms with Crippen LogP contribution in [0.15, 0.2) is 29.8 Å². The van der Waals surface area contributed by atoms with Gasteiger partial charge in [0.15, 0.2) is 0 Å². The third-order valence-corrected chi connectivity index (χ3v) is 3.13. The molecule has 0 fully saturated rings. The van der Waals surface area contributed by atoms with Crippen molar-refractivity contribution in [3.8, 4) is 0 Å². The molecule has 1 heteroatoms. The third-order valence-electron chi connectivity index (χ3n) is 3.13. The second-order valence-corrected chi connectivity index (χ2v) is 3.93. The molecule has 0 radical (unpaired) electrons. The molecule has 2 aliphatic rings. The van der Waals surface area contributed by atoms with Gasteiger partial charge in [-0.2, -0.15) is 5.57 Å². The molecule has 0 atom stereocenters. The molecule has 70 valence electrons. The van der Waals surface area contributed by atoms with Gasteiger partial charge in [-0.25, -0.2) is 12.0 Å². The zero-order valence-corrected chi connectivity index (χ0v) is 9.78. The number of rotatable bonds is 0. The summed E-state index contributed by atoms with van der Waals surface area (Å²) in [7, 11) is 0. The second-order valence-electron chi connectivity index (χ2n) is 3.93. The predicted octanol–water partition coefficient (Wildman–Crippen LogP) is 3.38. The fourth-order valence-corrected chi connectivity index (χ4v) is 2.50. The molecule has 0 saturated carbocycles. The van der Waals surface area contributed by atoms with E-state index in [2.05, 4.69) is 30.7 Å². The Labute approximate surface area is 100 Å². The van der Waals surface area contributed by atoms with E-state index in [-0.39, 0.29) is 21.7 Å². The Morgan fingerprint density at radius 3 is 2.93 bits per heavy atom. The van der Waals surface area contributed by atoms with Crippen LogP contribution >= 0.6 is 0 Å². The maximum Gasteiger partial charge on any atom is 0 e. The molecule has 1 aromatic rings. The van der Waals surface area contributed by atoms with E-state index in [0.717, 1.165) is 0 Å². The SMILES string of the molecule is [Ti].c1ccc2c(c1)CC1=C2CCC[CH-]1. The Kier molecular flexibility index (Phi) is 2.85. The van der Waals surface area contributed by atoms with E-state index in [1.54, 1.807) is 11.1 Å². The predicted molar refractivity (Wildman–Crippen MR) is 55.2 cm³/mol. The maximum absolute atomic E-state index is 2.43. The van der Waals surface area contributed by atoms with Crippen LogP contribution in [-0.4, -0.2) is 0 Å². The number of hydrogen-bond donors (Lipinski definition) is 0. The summed E-state index contributed by atoms with van der Waals surface area (Å²) < 4.78 is 0. The normalized spacial score (nSPS) is 18.0. The van der Waals surface area contributed by atoms with E-state index in [4.69, 9.17) is 0 Å². The largest absolute Gasteiger partial charge is 0.226 e. The van der Waals surface area contributed by atoms with Crippen LogP contribution < -0.4 is 0 Å². The molecular formula is C13H13Ti-. The topological polar surface area (TPSA) is 0 Å². The molecule has 2 aliphatic carbocycles. The fraction of sp³-hybridized carbons (Fsp3) is 0.308. The van der Waals surface area contributed by atoms with Crippen LogP contribution in [0.1, 0.15) is 30.4 Å². The van der Waals surface area contributed by atoms with Gasteiger partial charge in [0.25, 0.3) is 0 Å². The first-order valence-corrected chi connectivity index (χ1v) is 5.08. The first kappa shape index (κ1) is 10.1. The second kappa shape index (κ2) is 3.96. The van der Waals surface area contributed by atoms with Crippen LogP contribution in [0.2, 0.25) is 0 Å². The van der Waals surface area contributed by atoms with Crippen molar-refractivity contribution in [2.24, 2.45) is 0 Å². The number of fused-ring (bicyclic) bond motifs is 2. The van der Waals surface area contributed by atoms with Crippen LogP contribution in [0, 0.1) is 6.42 Å². The van der Waals surface area contributed by atoms with Crippen molar-refractivity contribution in [3.63, 3.8) is 0 Å². The molecule has 0 aromatic heterocycles. The standard InChI is InChI=1S/C13H13.Ti/c1-3-7-12-10(5-1)9-11-6-2-4-8-13(11)12;/h1,3,5-7H,2,4,8-9H2;/q-1;. The molecule has 0 saturated heterocycles. The average Bonchev–Trinajstić information content (AvgIpc) is 2.56. The van der Waals surface area contributed by atoms with Gasteiger partial charge >= 0.3 is 0 Å². The molecule has 0 bridgehead atoms. The van der Waals surface area contributed by atoms with Crippen LogP contribution in [0.4, 0.5) is 0 Å². The summed E-state index contributed by atoms with van der Waals surface area (Å²) >= 11 is 0. The first-order chi connectivity index (χ1) is 6.45. The molecule has 14 heavy (non-hydrogen) atoms. The Hall–Kier alpha value is -0.456. The van der Waals surface area contributed by atoms with Gasteiger partial charge in [-0.05, 0) is 6.42 Å². The van der Waals surface area contributed by atoms with Gasteiger partial charge in [-0.3, -0.25) is 0 Å². The summed E-state index contributed by atoms with van der Waals surface area (Å²) in [5, 5.41) is 0. The Bertz CT molecular complexity index is 377. The van der Waals surface area contributed by atoms with Crippen molar-refractivity contribution in [1.82, 2.24) is 0 Å². The van der Waals surface area contributed by atoms with Gasteiger partial charge in [-0.1, -0.05) is 42.7 Å². The average molecular weight is 217 g/mol. The van der Waals surface area contributed by atoms with Gasteiger partial charge in [-0.15, -0.1) is 12.0 Å². The molecule has 0 heterocycles.